The minimum Gasteiger partial charge on any atom is -0.269 e. The predicted molar refractivity (Wildman–Crippen MR) is 93.5 cm³/mol. The molecule has 1 saturated heterocycles. The van der Waals surface area contributed by atoms with Crippen molar-refractivity contribution in [3.8, 4) is 6.07 Å². The first-order chi connectivity index (χ1) is 13.2. The van der Waals surface area contributed by atoms with Crippen molar-refractivity contribution < 1.29 is 21.6 Å². The van der Waals surface area contributed by atoms with E-state index in [9.17, 15) is 21.6 Å². The van der Waals surface area contributed by atoms with Gasteiger partial charge in [-0.2, -0.15) is 18.4 Å². The Hall–Kier alpha value is -2.44. The molecule has 3 aliphatic rings. The highest BCUT2D eigenvalue weighted by atomic mass is 32.2. The zero-order valence-electron chi connectivity index (χ0n) is 14.6. The molecule has 0 aromatic heterocycles. The molecule has 0 amide bonds. The Kier molecular flexibility index (Phi) is 4.07. The number of azide groups is 1. The number of sulfonamides is 1. The minimum absolute atomic E-state index is 0.0631. The van der Waals surface area contributed by atoms with E-state index in [2.05, 4.69) is 10.0 Å². The Labute approximate surface area is 159 Å². The summed E-state index contributed by atoms with van der Waals surface area (Å²) in [5, 5.41) is 12.5. The van der Waals surface area contributed by atoms with E-state index >= 15 is 0 Å². The summed E-state index contributed by atoms with van der Waals surface area (Å²) in [6.45, 7) is -0.149. The molecular weight excluding hydrogens is 395 g/mol. The maximum atomic E-state index is 13.5. The van der Waals surface area contributed by atoms with E-state index in [0.29, 0.717) is 6.42 Å². The molecule has 2 aliphatic carbocycles. The van der Waals surface area contributed by atoms with Gasteiger partial charge in [-0.05, 0) is 54.8 Å². The van der Waals surface area contributed by atoms with Gasteiger partial charge in [-0.3, -0.25) is 4.31 Å². The van der Waals surface area contributed by atoms with Crippen LogP contribution in [0.3, 0.4) is 0 Å². The summed E-state index contributed by atoms with van der Waals surface area (Å²) in [6, 6.07) is 4.45. The Morgan fingerprint density at radius 3 is 2.79 bits per heavy atom. The third-order valence-electron chi connectivity index (χ3n) is 6.59. The lowest BCUT2D eigenvalue weighted by atomic mass is 9.78. The highest BCUT2D eigenvalue weighted by Gasteiger charge is 2.70. The highest BCUT2D eigenvalue weighted by molar-refractivity contribution is 7.94. The van der Waals surface area contributed by atoms with Gasteiger partial charge in [0.2, 0.25) is 10.0 Å². The number of nitriles is 1. The van der Waals surface area contributed by atoms with E-state index in [4.69, 9.17) is 10.8 Å². The quantitative estimate of drug-likeness (QED) is 0.428. The first-order valence-electron chi connectivity index (χ1n) is 8.81. The summed E-state index contributed by atoms with van der Waals surface area (Å²) >= 11 is 0. The summed E-state index contributed by atoms with van der Waals surface area (Å²) in [5.74, 6) is -0.297. The fourth-order valence-corrected chi connectivity index (χ4v) is 8.11. The molecule has 2 bridgehead atoms. The summed E-state index contributed by atoms with van der Waals surface area (Å²) in [6.07, 6.45) is -2.46. The zero-order chi connectivity index (χ0) is 20.3. The Bertz CT molecular complexity index is 1030. The standard InChI is InChI=1S/C17H16F3N5O2S/c18-17(19,20)14-6-13(4-2-11(14)7-21)25-8-15-10-1-3-12(5-10)16(15,9-23-24-22)28(25,26)27/h2,4,6,10,12,15H,1,3,5,8-9H2/t10-,12+,15-,16+/m0/s1. The number of fused-ring (bicyclic) bond motifs is 5. The van der Waals surface area contributed by atoms with E-state index < -0.39 is 32.1 Å². The number of anilines is 1. The van der Waals surface area contributed by atoms with E-state index in [0.717, 1.165) is 29.3 Å². The van der Waals surface area contributed by atoms with Crippen LogP contribution in [0.1, 0.15) is 30.4 Å². The molecule has 7 nitrogen and oxygen atoms in total. The van der Waals surface area contributed by atoms with E-state index in [1.165, 1.54) is 12.1 Å². The van der Waals surface area contributed by atoms with Gasteiger partial charge in [-0.15, -0.1) is 0 Å². The van der Waals surface area contributed by atoms with E-state index in [1.54, 1.807) is 0 Å². The van der Waals surface area contributed by atoms with Gasteiger partial charge in [0.15, 0.2) is 0 Å². The third kappa shape index (κ3) is 2.34. The van der Waals surface area contributed by atoms with Crippen LogP contribution in [-0.2, 0) is 16.2 Å². The topological polar surface area (TPSA) is 110 Å². The fourth-order valence-electron chi connectivity index (χ4n) is 5.45. The number of hydrogen-bond donors (Lipinski definition) is 0. The Morgan fingerprint density at radius 1 is 1.39 bits per heavy atom. The first-order valence-corrected chi connectivity index (χ1v) is 10.3. The molecule has 1 aliphatic heterocycles. The molecule has 4 atom stereocenters. The third-order valence-corrected chi connectivity index (χ3v) is 9.26. The van der Waals surface area contributed by atoms with Crippen LogP contribution in [0.5, 0.6) is 0 Å². The molecule has 2 saturated carbocycles. The predicted octanol–water partition coefficient (Wildman–Crippen LogP) is 3.82. The van der Waals surface area contributed by atoms with Crippen LogP contribution in [0, 0.1) is 29.1 Å². The average molecular weight is 411 g/mol. The van der Waals surface area contributed by atoms with Crippen molar-refractivity contribution in [2.75, 3.05) is 17.4 Å². The number of hydrogen-bond acceptors (Lipinski definition) is 4. The van der Waals surface area contributed by atoms with Gasteiger partial charge in [-0.1, -0.05) is 5.11 Å². The van der Waals surface area contributed by atoms with Crippen molar-refractivity contribution in [1.29, 1.82) is 5.26 Å². The van der Waals surface area contributed by atoms with Gasteiger partial charge in [-0.25, -0.2) is 8.42 Å². The molecule has 0 spiro atoms. The smallest absolute Gasteiger partial charge is 0.269 e. The summed E-state index contributed by atoms with van der Waals surface area (Å²) in [4.78, 5) is 2.73. The lowest BCUT2D eigenvalue weighted by Crippen LogP contribution is -2.50. The zero-order valence-corrected chi connectivity index (χ0v) is 15.4. The van der Waals surface area contributed by atoms with Crippen molar-refractivity contribution in [2.45, 2.75) is 30.2 Å². The molecule has 3 fully saturated rings. The van der Waals surface area contributed by atoms with Crippen LogP contribution in [0.2, 0.25) is 0 Å². The molecule has 0 N–H and O–H groups in total. The molecule has 1 aromatic carbocycles. The minimum atomic E-state index is -4.78. The van der Waals surface area contributed by atoms with Gasteiger partial charge in [0.25, 0.3) is 0 Å². The monoisotopic (exact) mass is 411 g/mol. The van der Waals surface area contributed by atoms with Gasteiger partial charge < -0.3 is 0 Å². The molecule has 1 heterocycles. The summed E-state index contributed by atoms with van der Waals surface area (Å²) < 4.78 is 66.8. The van der Waals surface area contributed by atoms with Crippen LogP contribution >= 0.6 is 0 Å². The van der Waals surface area contributed by atoms with Gasteiger partial charge in [0.1, 0.15) is 4.75 Å². The normalized spacial score (nSPS) is 32.6. The Balaban J connectivity index is 1.83. The average Bonchev–Trinajstić information content (AvgIpc) is 3.29. The summed E-state index contributed by atoms with van der Waals surface area (Å²) in [5.41, 5.74) is 6.91. The number of nitrogens with zero attached hydrogens (tertiary/aromatic N) is 5. The number of benzene rings is 1. The second-order valence-corrected chi connectivity index (χ2v) is 9.75. The maximum Gasteiger partial charge on any atom is 0.417 e. The van der Waals surface area contributed by atoms with Crippen molar-refractivity contribution in [1.82, 2.24) is 0 Å². The second-order valence-electron chi connectivity index (χ2n) is 7.60. The first kappa shape index (κ1) is 18.9. The van der Waals surface area contributed by atoms with Crippen LogP contribution < -0.4 is 4.31 Å². The Morgan fingerprint density at radius 2 is 2.14 bits per heavy atom. The molecule has 0 radical (unpaired) electrons. The largest absolute Gasteiger partial charge is 0.417 e. The molecular formula is C17H16F3N5O2S. The van der Waals surface area contributed by atoms with Gasteiger partial charge in [0, 0.05) is 23.9 Å². The fraction of sp³-hybridized carbons (Fsp3) is 0.588. The maximum absolute atomic E-state index is 13.5. The molecule has 1 aromatic rings. The lowest BCUT2D eigenvalue weighted by molar-refractivity contribution is -0.137. The van der Waals surface area contributed by atoms with Gasteiger partial charge in [0.05, 0.1) is 22.9 Å². The lowest BCUT2D eigenvalue weighted by Gasteiger charge is -2.35. The number of rotatable bonds is 3. The van der Waals surface area contributed by atoms with Crippen LogP contribution in [-0.4, -0.2) is 26.3 Å². The molecule has 4 rings (SSSR count). The number of halogens is 3. The van der Waals surface area contributed by atoms with Crippen molar-refractivity contribution >= 4 is 15.7 Å². The highest BCUT2D eigenvalue weighted by Crippen LogP contribution is 2.62. The van der Waals surface area contributed by atoms with Crippen molar-refractivity contribution in [2.24, 2.45) is 22.9 Å². The summed E-state index contributed by atoms with van der Waals surface area (Å²) in [7, 11) is -4.05. The van der Waals surface area contributed by atoms with Crippen LogP contribution in [0.25, 0.3) is 10.4 Å². The molecule has 148 valence electrons. The van der Waals surface area contributed by atoms with Crippen LogP contribution in [0.15, 0.2) is 23.3 Å². The SMILES string of the molecule is N#Cc1ccc(N2C[C@H]3[C@H]4CC[C@H](C4)[C@@]3(CN=[N+]=[N-])S2(=O)=O)cc1C(F)(F)F. The van der Waals surface area contributed by atoms with E-state index in [-0.39, 0.29) is 36.5 Å². The molecule has 28 heavy (non-hydrogen) atoms. The van der Waals surface area contributed by atoms with Crippen molar-refractivity contribution in [3.63, 3.8) is 0 Å². The van der Waals surface area contributed by atoms with Gasteiger partial charge >= 0.3 is 6.18 Å². The number of alkyl halides is 3. The van der Waals surface area contributed by atoms with E-state index in [1.807, 2.05) is 0 Å². The molecule has 11 heteroatoms. The second kappa shape index (κ2) is 6.03. The molecule has 0 unspecified atom stereocenters. The van der Waals surface area contributed by atoms with Crippen molar-refractivity contribution in [3.05, 3.63) is 39.8 Å². The van der Waals surface area contributed by atoms with Crippen LogP contribution in [0.4, 0.5) is 18.9 Å².